The number of rotatable bonds is 6. The third kappa shape index (κ3) is 6.23. The predicted molar refractivity (Wildman–Crippen MR) is 107 cm³/mol. The summed E-state index contributed by atoms with van der Waals surface area (Å²) >= 11 is 0. The van der Waals surface area contributed by atoms with Crippen molar-refractivity contribution >= 4 is 21.8 Å². The minimum Gasteiger partial charge on any atom is -0.425 e. The van der Waals surface area contributed by atoms with Crippen LogP contribution >= 0.6 is 0 Å². The van der Waals surface area contributed by atoms with Crippen LogP contribution in [0.15, 0.2) is 59.0 Å². The number of amides is 1. The average molecular weight is 472 g/mol. The Morgan fingerprint density at radius 2 is 1.84 bits per heavy atom. The first-order valence-corrected chi connectivity index (χ1v) is 10.8. The topological polar surface area (TPSA) is 97.6 Å². The second-order valence-corrected chi connectivity index (χ2v) is 8.38. The molecule has 0 unspecified atom stereocenters. The molecule has 0 saturated heterocycles. The van der Waals surface area contributed by atoms with Gasteiger partial charge in [-0.15, -0.1) is 0 Å². The first-order chi connectivity index (χ1) is 14.9. The summed E-state index contributed by atoms with van der Waals surface area (Å²) in [5, 5.41) is 2.35. The maximum Gasteiger partial charge on any atom is 0.416 e. The number of alkyl halides is 3. The van der Waals surface area contributed by atoms with Crippen molar-refractivity contribution in [1.29, 1.82) is 0 Å². The van der Waals surface area contributed by atoms with Gasteiger partial charge in [0.25, 0.3) is 5.95 Å². The normalized spacial score (nSPS) is 11.8. The molecule has 170 valence electrons. The summed E-state index contributed by atoms with van der Waals surface area (Å²) in [6.07, 6.45) is -4.58. The van der Waals surface area contributed by atoms with E-state index in [1.54, 1.807) is 0 Å². The van der Waals surface area contributed by atoms with E-state index in [1.165, 1.54) is 36.4 Å². The highest BCUT2D eigenvalue weighted by molar-refractivity contribution is 7.92. The van der Waals surface area contributed by atoms with Gasteiger partial charge < -0.3 is 14.5 Å². The number of halogens is 4. The third-order valence-corrected chi connectivity index (χ3v) is 4.61. The first-order valence-electron chi connectivity index (χ1n) is 8.90. The van der Waals surface area contributed by atoms with E-state index in [0.29, 0.717) is 5.56 Å². The standard InChI is InChI=1S/C20H16F4N2O5S/c1-32(28,29)26-16-6-5-12(9-15(16)21)11-25-19(27)31-18-8-7-17(30-18)13-3-2-4-14(10-13)20(22,23)24/h2-10,26H,11H2,1H3,(H,25,27). The Kier molecular flexibility index (Phi) is 6.44. The average Bonchev–Trinajstić information content (AvgIpc) is 3.15. The van der Waals surface area contributed by atoms with Gasteiger partial charge in [0.05, 0.1) is 17.5 Å². The Bertz CT molecular complexity index is 1240. The fraction of sp³-hybridized carbons (Fsp3) is 0.150. The summed E-state index contributed by atoms with van der Waals surface area (Å²) < 4.78 is 87.0. The minimum absolute atomic E-state index is 0.0648. The van der Waals surface area contributed by atoms with E-state index in [4.69, 9.17) is 9.15 Å². The lowest BCUT2D eigenvalue weighted by Crippen LogP contribution is -2.26. The van der Waals surface area contributed by atoms with Crippen LogP contribution in [-0.4, -0.2) is 20.8 Å². The highest BCUT2D eigenvalue weighted by atomic mass is 32.2. The van der Waals surface area contributed by atoms with Crippen molar-refractivity contribution in [1.82, 2.24) is 5.32 Å². The fourth-order valence-electron chi connectivity index (χ4n) is 2.63. The van der Waals surface area contributed by atoms with E-state index >= 15 is 0 Å². The van der Waals surface area contributed by atoms with Crippen molar-refractivity contribution in [3.8, 4) is 17.3 Å². The number of furan rings is 1. The first kappa shape index (κ1) is 23.1. The number of nitrogens with one attached hydrogen (secondary N) is 2. The fourth-order valence-corrected chi connectivity index (χ4v) is 3.20. The minimum atomic E-state index is -4.51. The van der Waals surface area contributed by atoms with Crippen molar-refractivity contribution in [2.75, 3.05) is 11.0 Å². The van der Waals surface area contributed by atoms with Crippen LogP contribution in [0.2, 0.25) is 0 Å². The molecule has 0 aliphatic carbocycles. The summed E-state index contributed by atoms with van der Waals surface area (Å²) in [4.78, 5) is 11.9. The molecule has 1 heterocycles. The van der Waals surface area contributed by atoms with Crippen LogP contribution < -0.4 is 14.8 Å². The lowest BCUT2D eigenvalue weighted by Gasteiger charge is -2.08. The number of benzene rings is 2. The Morgan fingerprint density at radius 3 is 2.50 bits per heavy atom. The van der Waals surface area contributed by atoms with E-state index in [1.807, 2.05) is 4.72 Å². The Balaban J connectivity index is 1.60. The second kappa shape index (κ2) is 8.91. The van der Waals surface area contributed by atoms with Crippen LogP contribution in [0.1, 0.15) is 11.1 Å². The molecule has 0 saturated carbocycles. The smallest absolute Gasteiger partial charge is 0.416 e. The van der Waals surface area contributed by atoms with Crippen LogP contribution in [-0.2, 0) is 22.7 Å². The summed E-state index contributed by atoms with van der Waals surface area (Å²) in [6, 6.07) is 10.7. The van der Waals surface area contributed by atoms with E-state index in [9.17, 15) is 30.8 Å². The van der Waals surface area contributed by atoms with E-state index in [0.717, 1.165) is 24.5 Å². The van der Waals surface area contributed by atoms with Gasteiger partial charge in [-0.05, 0) is 35.9 Å². The molecule has 3 rings (SSSR count). The number of hydrogen-bond donors (Lipinski definition) is 2. The van der Waals surface area contributed by atoms with Gasteiger partial charge in [-0.2, -0.15) is 13.2 Å². The summed E-state index contributed by atoms with van der Waals surface area (Å²) in [5.74, 6) is -1.02. The van der Waals surface area contributed by atoms with Crippen LogP contribution in [0, 0.1) is 5.82 Å². The van der Waals surface area contributed by atoms with Crippen LogP contribution in [0.25, 0.3) is 11.3 Å². The molecular weight excluding hydrogens is 456 g/mol. The van der Waals surface area contributed by atoms with Crippen molar-refractivity contribution in [2.45, 2.75) is 12.7 Å². The number of ether oxygens (including phenoxy) is 1. The van der Waals surface area contributed by atoms with Gasteiger partial charge in [-0.25, -0.2) is 17.6 Å². The van der Waals surface area contributed by atoms with Gasteiger partial charge >= 0.3 is 12.3 Å². The zero-order chi connectivity index (χ0) is 23.5. The summed E-state index contributed by atoms with van der Waals surface area (Å²) in [5.41, 5.74) is -0.621. The molecule has 0 bridgehead atoms. The third-order valence-electron chi connectivity index (χ3n) is 4.01. The van der Waals surface area contributed by atoms with Crippen LogP contribution in [0.3, 0.4) is 0 Å². The van der Waals surface area contributed by atoms with Gasteiger partial charge in [0, 0.05) is 18.2 Å². The second-order valence-electron chi connectivity index (χ2n) is 6.63. The van der Waals surface area contributed by atoms with E-state index in [-0.39, 0.29) is 29.5 Å². The molecule has 3 aromatic rings. The molecular formula is C20H16F4N2O5S. The molecule has 2 N–H and O–H groups in total. The van der Waals surface area contributed by atoms with Crippen LogP contribution in [0.4, 0.5) is 28.0 Å². The van der Waals surface area contributed by atoms with Gasteiger partial charge in [0.15, 0.2) is 0 Å². The van der Waals surface area contributed by atoms with E-state index in [2.05, 4.69) is 5.32 Å². The quantitative estimate of drug-likeness (QED) is 0.504. The molecule has 1 amide bonds. The summed E-state index contributed by atoms with van der Waals surface area (Å²) in [6.45, 7) is -0.143. The molecule has 0 radical (unpaired) electrons. The number of anilines is 1. The van der Waals surface area contributed by atoms with Crippen molar-refractivity contribution in [3.05, 3.63) is 71.5 Å². The predicted octanol–water partition coefficient (Wildman–Crippen LogP) is 4.76. The zero-order valence-electron chi connectivity index (χ0n) is 16.4. The molecule has 32 heavy (non-hydrogen) atoms. The Hall–Kier alpha value is -3.54. The summed E-state index contributed by atoms with van der Waals surface area (Å²) in [7, 11) is -3.65. The molecule has 0 atom stereocenters. The molecule has 12 heteroatoms. The highest BCUT2D eigenvalue weighted by Crippen LogP contribution is 2.33. The van der Waals surface area contributed by atoms with Crippen molar-refractivity contribution in [2.24, 2.45) is 0 Å². The van der Waals surface area contributed by atoms with Gasteiger partial charge in [-0.3, -0.25) is 4.72 Å². The largest absolute Gasteiger partial charge is 0.425 e. The SMILES string of the molecule is CS(=O)(=O)Nc1ccc(CNC(=O)Oc2ccc(-c3cccc(C(F)(F)F)c3)o2)cc1F. The molecule has 0 fully saturated rings. The number of carbonyl (C=O) groups excluding carboxylic acids is 1. The number of hydrogen-bond acceptors (Lipinski definition) is 5. The highest BCUT2D eigenvalue weighted by Gasteiger charge is 2.30. The Morgan fingerprint density at radius 1 is 1.09 bits per heavy atom. The van der Waals surface area contributed by atoms with Gasteiger partial charge in [0.2, 0.25) is 10.0 Å². The lowest BCUT2D eigenvalue weighted by atomic mass is 10.1. The molecule has 0 aliphatic heterocycles. The zero-order valence-corrected chi connectivity index (χ0v) is 17.2. The molecule has 1 aromatic heterocycles. The van der Waals surface area contributed by atoms with Gasteiger partial charge in [-0.1, -0.05) is 18.2 Å². The molecule has 0 spiro atoms. The maximum absolute atomic E-state index is 14.0. The van der Waals surface area contributed by atoms with Crippen LogP contribution in [0.5, 0.6) is 5.95 Å². The van der Waals surface area contributed by atoms with Crippen molar-refractivity contribution < 1.29 is 39.9 Å². The number of sulfonamides is 1. The van der Waals surface area contributed by atoms with Gasteiger partial charge in [0.1, 0.15) is 11.6 Å². The monoisotopic (exact) mass is 472 g/mol. The molecule has 2 aromatic carbocycles. The molecule has 0 aliphatic rings. The van der Waals surface area contributed by atoms with E-state index < -0.39 is 33.7 Å². The Labute approximate surface area is 180 Å². The maximum atomic E-state index is 14.0. The molecule has 7 nitrogen and oxygen atoms in total. The number of carbonyl (C=O) groups is 1. The van der Waals surface area contributed by atoms with Crippen molar-refractivity contribution in [3.63, 3.8) is 0 Å². The lowest BCUT2D eigenvalue weighted by molar-refractivity contribution is -0.137.